The fraction of sp³-hybridized carbons (Fsp3) is 0.357. The Morgan fingerprint density at radius 3 is 2.65 bits per heavy atom. The lowest BCUT2D eigenvalue weighted by molar-refractivity contribution is 0.414. The van der Waals surface area contributed by atoms with E-state index in [0.717, 1.165) is 17.9 Å². The van der Waals surface area contributed by atoms with Gasteiger partial charge in [0, 0.05) is 18.8 Å². The van der Waals surface area contributed by atoms with Crippen LogP contribution in [-0.2, 0) is 13.5 Å². The van der Waals surface area contributed by atoms with Gasteiger partial charge in [-0.2, -0.15) is 5.10 Å². The molecular weight excluding hydrogens is 212 g/mol. The maximum atomic E-state index is 5.23. The molecule has 0 amide bonds. The standard InChI is InChI=1S/C14H18N2O/c1-5-14-13(9-16(3)15-14)12-7-6-11(17-4)8-10(12)2/h6-9H,5H2,1-4H3. The summed E-state index contributed by atoms with van der Waals surface area (Å²) in [6, 6.07) is 6.15. The van der Waals surface area contributed by atoms with Crippen molar-refractivity contribution in [3.8, 4) is 16.9 Å². The maximum absolute atomic E-state index is 5.23. The molecule has 0 N–H and O–H groups in total. The van der Waals surface area contributed by atoms with Gasteiger partial charge < -0.3 is 4.74 Å². The van der Waals surface area contributed by atoms with Crippen molar-refractivity contribution in [3.63, 3.8) is 0 Å². The summed E-state index contributed by atoms with van der Waals surface area (Å²) in [7, 11) is 3.65. The minimum absolute atomic E-state index is 0.896. The third kappa shape index (κ3) is 2.18. The summed E-state index contributed by atoms with van der Waals surface area (Å²) >= 11 is 0. The van der Waals surface area contributed by atoms with Gasteiger partial charge in [-0.1, -0.05) is 13.0 Å². The summed E-state index contributed by atoms with van der Waals surface area (Å²) in [5.41, 5.74) is 4.80. The molecule has 0 atom stereocenters. The molecule has 2 rings (SSSR count). The molecule has 0 fully saturated rings. The third-order valence-electron chi connectivity index (χ3n) is 2.96. The van der Waals surface area contributed by atoms with Gasteiger partial charge in [-0.25, -0.2) is 0 Å². The SMILES string of the molecule is CCc1nn(C)cc1-c1ccc(OC)cc1C. The summed E-state index contributed by atoms with van der Waals surface area (Å²) in [5.74, 6) is 0.896. The smallest absolute Gasteiger partial charge is 0.119 e. The molecule has 90 valence electrons. The highest BCUT2D eigenvalue weighted by molar-refractivity contribution is 5.69. The number of methoxy groups -OCH3 is 1. The molecule has 1 aromatic heterocycles. The van der Waals surface area contributed by atoms with E-state index in [0.29, 0.717) is 0 Å². The van der Waals surface area contributed by atoms with Crippen LogP contribution in [0, 0.1) is 6.92 Å². The van der Waals surface area contributed by atoms with Gasteiger partial charge in [0.2, 0.25) is 0 Å². The second-order valence-electron chi connectivity index (χ2n) is 4.20. The van der Waals surface area contributed by atoms with Crippen LogP contribution in [0.15, 0.2) is 24.4 Å². The molecule has 0 saturated heterocycles. The highest BCUT2D eigenvalue weighted by atomic mass is 16.5. The zero-order valence-corrected chi connectivity index (χ0v) is 10.8. The summed E-state index contributed by atoms with van der Waals surface area (Å²) in [4.78, 5) is 0. The van der Waals surface area contributed by atoms with Crippen molar-refractivity contribution >= 4 is 0 Å². The zero-order valence-electron chi connectivity index (χ0n) is 10.8. The minimum atomic E-state index is 0.896. The van der Waals surface area contributed by atoms with Gasteiger partial charge in [-0.15, -0.1) is 0 Å². The number of aryl methyl sites for hydroxylation is 3. The highest BCUT2D eigenvalue weighted by Crippen LogP contribution is 2.29. The molecule has 0 aliphatic heterocycles. The van der Waals surface area contributed by atoms with Gasteiger partial charge >= 0.3 is 0 Å². The Balaban J connectivity index is 2.52. The average molecular weight is 230 g/mol. The van der Waals surface area contributed by atoms with E-state index in [1.807, 2.05) is 17.8 Å². The van der Waals surface area contributed by atoms with Crippen molar-refractivity contribution in [3.05, 3.63) is 35.7 Å². The number of nitrogens with zero attached hydrogens (tertiary/aromatic N) is 2. The van der Waals surface area contributed by atoms with Gasteiger partial charge in [0.15, 0.2) is 0 Å². The molecule has 0 saturated carbocycles. The van der Waals surface area contributed by atoms with E-state index >= 15 is 0 Å². The first kappa shape index (κ1) is 11.7. The van der Waals surface area contributed by atoms with Crippen LogP contribution in [0.4, 0.5) is 0 Å². The Morgan fingerprint density at radius 2 is 2.06 bits per heavy atom. The lowest BCUT2D eigenvalue weighted by Gasteiger charge is -2.07. The monoisotopic (exact) mass is 230 g/mol. The molecule has 0 unspecified atom stereocenters. The van der Waals surface area contributed by atoms with Crippen molar-refractivity contribution in [2.75, 3.05) is 7.11 Å². The van der Waals surface area contributed by atoms with Gasteiger partial charge in [0.25, 0.3) is 0 Å². The molecule has 0 spiro atoms. The third-order valence-corrected chi connectivity index (χ3v) is 2.96. The van der Waals surface area contributed by atoms with E-state index in [1.54, 1.807) is 7.11 Å². The van der Waals surface area contributed by atoms with Crippen LogP contribution in [0.5, 0.6) is 5.75 Å². The van der Waals surface area contributed by atoms with Gasteiger partial charge in [0.1, 0.15) is 5.75 Å². The summed E-state index contributed by atoms with van der Waals surface area (Å²) in [6.45, 7) is 4.23. The Hall–Kier alpha value is -1.77. The first-order chi connectivity index (χ1) is 8.15. The van der Waals surface area contributed by atoms with Crippen molar-refractivity contribution < 1.29 is 4.74 Å². The van der Waals surface area contributed by atoms with E-state index in [2.05, 4.69) is 37.3 Å². The second-order valence-corrected chi connectivity index (χ2v) is 4.20. The van der Waals surface area contributed by atoms with Crippen molar-refractivity contribution in [2.24, 2.45) is 7.05 Å². The fourth-order valence-electron chi connectivity index (χ4n) is 2.09. The molecular formula is C14H18N2O. The number of hydrogen-bond donors (Lipinski definition) is 0. The highest BCUT2D eigenvalue weighted by Gasteiger charge is 2.10. The number of aromatic nitrogens is 2. The van der Waals surface area contributed by atoms with Crippen LogP contribution in [-0.4, -0.2) is 16.9 Å². The molecule has 0 bridgehead atoms. The predicted molar refractivity (Wildman–Crippen MR) is 69.3 cm³/mol. The van der Waals surface area contributed by atoms with Crippen molar-refractivity contribution in [1.29, 1.82) is 0 Å². The molecule has 3 nitrogen and oxygen atoms in total. The molecule has 1 aromatic carbocycles. The largest absolute Gasteiger partial charge is 0.497 e. The molecule has 17 heavy (non-hydrogen) atoms. The van der Waals surface area contributed by atoms with Crippen LogP contribution in [0.2, 0.25) is 0 Å². The fourth-order valence-corrected chi connectivity index (χ4v) is 2.09. The first-order valence-electron chi connectivity index (χ1n) is 5.83. The second kappa shape index (κ2) is 4.62. The van der Waals surface area contributed by atoms with Gasteiger partial charge in [-0.05, 0) is 36.6 Å². The average Bonchev–Trinajstić information content (AvgIpc) is 2.70. The predicted octanol–water partition coefficient (Wildman–Crippen LogP) is 2.97. The Kier molecular flexibility index (Phi) is 3.18. The van der Waals surface area contributed by atoms with E-state index in [-0.39, 0.29) is 0 Å². The molecule has 2 aromatic rings. The zero-order chi connectivity index (χ0) is 12.4. The normalized spacial score (nSPS) is 10.6. The molecule has 3 heteroatoms. The minimum Gasteiger partial charge on any atom is -0.497 e. The Labute approximate surface area is 102 Å². The quantitative estimate of drug-likeness (QED) is 0.810. The van der Waals surface area contributed by atoms with Crippen LogP contribution >= 0.6 is 0 Å². The summed E-state index contributed by atoms with van der Waals surface area (Å²) < 4.78 is 7.10. The van der Waals surface area contributed by atoms with Crippen LogP contribution in [0.25, 0.3) is 11.1 Å². The summed E-state index contributed by atoms with van der Waals surface area (Å²) in [6.07, 6.45) is 3.02. The lowest BCUT2D eigenvalue weighted by atomic mass is 10.00. The van der Waals surface area contributed by atoms with Crippen LogP contribution < -0.4 is 4.74 Å². The molecule has 0 radical (unpaired) electrons. The van der Waals surface area contributed by atoms with Gasteiger partial charge in [-0.3, -0.25) is 4.68 Å². The number of hydrogen-bond acceptors (Lipinski definition) is 2. The Morgan fingerprint density at radius 1 is 1.29 bits per heavy atom. The molecule has 1 heterocycles. The number of ether oxygens (including phenoxy) is 1. The van der Waals surface area contributed by atoms with E-state index in [1.165, 1.54) is 16.7 Å². The molecule has 0 aliphatic carbocycles. The molecule has 0 aliphatic rings. The number of benzene rings is 1. The van der Waals surface area contributed by atoms with E-state index < -0.39 is 0 Å². The topological polar surface area (TPSA) is 27.1 Å². The lowest BCUT2D eigenvalue weighted by Crippen LogP contribution is -1.90. The van der Waals surface area contributed by atoms with Crippen LogP contribution in [0.3, 0.4) is 0 Å². The van der Waals surface area contributed by atoms with E-state index in [9.17, 15) is 0 Å². The number of rotatable bonds is 3. The Bertz CT molecular complexity index is 529. The van der Waals surface area contributed by atoms with Gasteiger partial charge in [0.05, 0.1) is 12.8 Å². The van der Waals surface area contributed by atoms with Crippen molar-refractivity contribution in [1.82, 2.24) is 9.78 Å². The maximum Gasteiger partial charge on any atom is 0.119 e. The van der Waals surface area contributed by atoms with Crippen LogP contribution in [0.1, 0.15) is 18.2 Å². The van der Waals surface area contributed by atoms with Crippen molar-refractivity contribution in [2.45, 2.75) is 20.3 Å². The first-order valence-corrected chi connectivity index (χ1v) is 5.83. The summed E-state index contributed by atoms with van der Waals surface area (Å²) in [5, 5.41) is 4.47. The van der Waals surface area contributed by atoms with E-state index in [4.69, 9.17) is 4.74 Å².